The Balaban J connectivity index is 1.50. The van der Waals surface area contributed by atoms with Gasteiger partial charge in [0.2, 0.25) is 0 Å². The molecule has 2 saturated heterocycles. The minimum absolute atomic E-state index is 0.825. The number of fused-ring (bicyclic) bond motifs is 1. The molecule has 0 spiro atoms. The predicted molar refractivity (Wildman–Crippen MR) is 57.3 cm³/mol. The van der Waals surface area contributed by atoms with Gasteiger partial charge in [-0.15, -0.1) is 0 Å². The first-order valence-corrected chi connectivity index (χ1v) is 5.44. The van der Waals surface area contributed by atoms with E-state index in [0.717, 1.165) is 12.1 Å². The summed E-state index contributed by atoms with van der Waals surface area (Å²) in [5.74, 6) is 0. The van der Waals surface area contributed by atoms with Crippen molar-refractivity contribution in [3.8, 4) is 0 Å². The average molecular weight is 188 g/mol. The molecule has 74 valence electrons. The fourth-order valence-corrected chi connectivity index (χ4v) is 2.32. The lowest BCUT2D eigenvalue weighted by molar-refractivity contribution is 0.315. The largest absolute Gasteiger partial charge is 0.306 e. The zero-order valence-electron chi connectivity index (χ0n) is 8.32. The lowest BCUT2D eigenvalue weighted by Crippen LogP contribution is -2.29. The summed E-state index contributed by atoms with van der Waals surface area (Å²) < 4.78 is 0. The van der Waals surface area contributed by atoms with Crippen LogP contribution in [0.4, 0.5) is 0 Å². The minimum Gasteiger partial charge on any atom is -0.306 e. The number of hydrogen-bond donors (Lipinski definition) is 1. The molecular formula is C12H16N2. The van der Waals surface area contributed by atoms with Crippen LogP contribution < -0.4 is 5.32 Å². The fraction of sp³-hybridized carbons (Fsp3) is 0.500. The normalized spacial score (nSPS) is 30.3. The van der Waals surface area contributed by atoms with Crippen molar-refractivity contribution in [2.75, 3.05) is 19.6 Å². The summed E-state index contributed by atoms with van der Waals surface area (Å²) in [6, 6.07) is 12.4. The van der Waals surface area contributed by atoms with Crippen LogP contribution in [-0.4, -0.2) is 36.6 Å². The highest BCUT2D eigenvalue weighted by molar-refractivity contribution is 5.15. The number of piperazine rings is 1. The molecule has 0 bridgehead atoms. The standard InChI is InChI=1S/C12H16N2/c1-2-4-10(5-3-1)6-7-14-8-11-12(9-14)13-11/h1-5,11-13H,6-9H2. The Hall–Kier alpha value is -0.860. The smallest absolute Gasteiger partial charge is 0.0365 e. The maximum Gasteiger partial charge on any atom is 0.0365 e. The third-order valence-electron chi connectivity index (χ3n) is 3.27. The Morgan fingerprint density at radius 3 is 2.57 bits per heavy atom. The molecule has 2 aliphatic heterocycles. The predicted octanol–water partition coefficient (Wildman–Crippen LogP) is 0.885. The number of rotatable bonds is 3. The van der Waals surface area contributed by atoms with Crippen molar-refractivity contribution in [1.29, 1.82) is 0 Å². The zero-order valence-corrected chi connectivity index (χ0v) is 8.32. The van der Waals surface area contributed by atoms with Crippen LogP contribution in [0.3, 0.4) is 0 Å². The Kier molecular flexibility index (Phi) is 2.03. The van der Waals surface area contributed by atoms with Crippen molar-refractivity contribution in [1.82, 2.24) is 10.2 Å². The van der Waals surface area contributed by atoms with Crippen LogP contribution in [0.25, 0.3) is 0 Å². The molecule has 2 unspecified atom stereocenters. The first-order valence-electron chi connectivity index (χ1n) is 5.44. The van der Waals surface area contributed by atoms with Crippen LogP contribution in [0.2, 0.25) is 0 Å². The van der Waals surface area contributed by atoms with Gasteiger partial charge in [0.25, 0.3) is 0 Å². The van der Waals surface area contributed by atoms with Gasteiger partial charge in [0, 0.05) is 31.7 Å². The molecule has 14 heavy (non-hydrogen) atoms. The monoisotopic (exact) mass is 188 g/mol. The fourth-order valence-electron chi connectivity index (χ4n) is 2.32. The van der Waals surface area contributed by atoms with Crippen LogP contribution in [0, 0.1) is 0 Å². The average Bonchev–Trinajstić information content (AvgIpc) is 2.85. The van der Waals surface area contributed by atoms with Gasteiger partial charge < -0.3 is 5.32 Å². The summed E-state index contributed by atoms with van der Waals surface area (Å²) in [6.45, 7) is 3.74. The first kappa shape index (κ1) is 8.45. The van der Waals surface area contributed by atoms with Crippen molar-refractivity contribution in [3.63, 3.8) is 0 Å². The van der Waals surface area contributed by atoms with E-state index in [1.165, 1.54) is 31.6 Å². The summed E-state index contributed by atoms with van der Waals surface area (Å²) in [5, 5.41) is 3.45. The van der Waals surface area contributed by atoms with Gasteiger partial charge in [-0.25, -0.2) is 0 Å². The first-order chi connectivity index (χ1) is 6.92. The topological polar surface area (TPSA) is 25.2 Å². The van der Waals surface area contributed by atoms with E-state index in [1.807, 2.05) is 0 Å². The van der Waals surface area contributed by atoms with Gasteiger partial charge in [-0.3, -0.25) is 4.90 Å². The van der Waals surface area contributed by atoms with Crippen LogP contribution >= 0.6 is 0 Å². The number of nitrogens with zero attached hydrogens (tertiary/aromatic N) is 1. The van der Waals surface area contributed by atoms with Gasteiger partial charge in [0.05, 0.1) is 0 Å². The lowest BCUT2D eigenvalue weighted by Gasteiger charge is -2.16. The van der Waals surface area contributed by atoms with Crippen LogP contribution in [0.15, 0.2) is 30.3 Å². The van der Waals surface area contributed by atoms with E-state index >= 15 is 0 Å². The molecule has 2 atom stereocenters. The molecule has 0 aromatic heterocycles. The van der Waals surface area contributed by atoms with Gasteiger partial charge in [0.15, 0.2) is 0 Å². The second-order valence-corrected chi connectivity index (χ2v) is 4.37. The van der Waals surface area contributed by atoms with Crippen LogP contribution in [-0.2, 0) is 6.42 Å². The van der Waals surface area contributed by atoms with Gasteiger partial charge in [-0.2, -0.15) is 0 Å². The van der Waals surface area contributed by atoms with Gasteiger partial charge in [-0.1, -0.05) is 30.3 Å². The zero-order chi connectivity index (χ0) is 9.38. The summed E-state index contributed by atoms with van der Waals surface area (Å²) in [6.07, 6.45) is 1.19. The van der Waals surface area contributed by atoms with E-state index in [4.69, 9.17) is 0 Å². The maximum atomic E-state index is 3.45. The van der Waals surface area contributed by atoms with E-state index in [1.54, 1.807) is 0 Å². The number of hydrogen-bond acceptors (Lipinski definition) is 2. The summed E-state index contributed by atoms with van der Waals surface area (Å²) in [5.41, 5.74) is 1.46. The van der Waals surface area contributed by atoms with Crippen LogP contribution in [0.1, 0.15) is 5.56 Å². The van der Waals surface area contributed by atoms with Crippen molar-refractivity contribution in [2.24, 2.45) is 0 Å². The molecule has 2 heterocycles. The van der Waals surface area contributed by atoms with Crippen molar-refractivity contribution < 1.29 is 0 Å². The minimum atomic E-state index is 0.825. The molecule has 2 fully saturated rings. The van der Waals surface area contributed by atoms with E-state index in [-0.39, 0.29) is 0 Å². The van der Waals surface area contributed by atoms with Gasteiger partial charge >= 0.3 is 0 Å². The Bertz CT molecular complexity index is 299. The van der Waals surface area contributed by atoms with Crippen molar-refractivity contribution in [2.45, 2.75) is 18.5 Å². The molecule has 1 N–H and O–H groups in total. The number of benzene rings is 1. The second kappa shape index (κ2) is 3.37. The molecule has 0 aliphatic carbocycles. The maximum absolute atomic E-state index is 3.45. The van der Waals surface area contributed by atoms with Crippen molar-refractivity contribution >= 4 is 0 Å². The third-order valence-corrected chi connectivity index (χ3v) is 3.27. The Labute approximate surface area is 84.9 Å². The highest BCUT2D eigenvalue weighted by Gasteiger charge is 2.43. The lowest BCUT2D eigenvalue weighted by atomic mass is 10.1. The molecule has 0 saturated carbocycles. The van der Waals surface area contributed by atoms with E-state index in [2.05, 4.69) is 40.5 Å². The van der Waals surface area contributed by atoms with E-state index in [9.17, 15) is 0 Å². The molecule has 2 aliphatic rings. The van der Waals surface area contributed by atoms with Gasteiger partial charge in [0.1, 0.15) is 0 Å². The van der Waals surface area contributed by atoms with Crippen molar-refractivity contribution in [3.05, 3.63) is 35.9 Å². The van der Waals surface area contributed by atoms with E-state index in [0.29, 0.717) is 0 Å². The second-order valence-electron chi connectivity index (χ2n) is 4.37. The van der Waals surface area contributed by atoms with E-state index < -0.39 is 0 Å². The number of likely N-dealkylation sites (tertiary alicyclic amines) is 1. The molecule has 0 amide bonds. The number of nitrogens with one attached hydrogen (secondary N) is 1. The third kappa shape index (κ3) is 1.68. The Morgan fingerprint density at radius 2 is 1.86 bits per heavy atom. The quantitative estimate of drug-likeness (QED) is 0.712. The molecule has 2 nitrogen and oxygen atoms in total. The molecular weight excluding hydrogens is 172 g/mol. The summed E-state index contributed by atoms with van der Waals surface area (Å²) >= 11 is 0. The molecule has 1 aromatic rings. The highest BCUT2D eigenvalue weighted by Crippen LogP contribution is 2.21. The van der Waals surface area contributed by atoms with Gasteiger partial charge in [-0.05, 0) is 12.0 Å². The molecule has 3 rings (SSSR count). The Morgan fingerprint density at radius 1 is 1.14 bits per heavy atom. The highest BCUT2D eigenvalue weighted by atomic mass is 15.3. The summed E-state index contributed by atoms with van der Waals surface area (Å²) in [7, 11) is 0. The van der Waals surface area contributed by atoms with Crippen LogP contribution in [0.5, 0.6) is 0 Å². The SMILES string of the molecule is c1ccc(CCN2CC3NC3C2)cc1. The molecule has 2 heteroatoms. The molecule has 1 aromatic carbocycles. The summed E-state index contributed by atoms with van der Waals surface area (Å²) in [4.78, 5) is 2.57. The molecule has 0 radical (unpaired) electrons.